The molecule has 1 aromatic heterocycles. The van der Waals surface area contributed by atoms with Crippen LogP contribution in [-0.2, 0) is 11.2 Å². The number of carbonyl (C=O) groups is 1. The number of amides is 1. The van der Waals surface area contributed by atoms with Gasteiger partial charge in [-0.25, -0.2) is 0 Å². The van der Waals surface area contributed by atoms with Crippen LogP contribution in [-0.4, -0.2) is 46.1 Å². The highest BCUT2D eigenvalue weighted by atomic mass is 16.3. The van der Waals surface area contributed by atoms with Crippen molar-refractivity contribution in [3.05, 3.63) is 66.0 Å². The van der Waals surface area contributed by atoms with E-state index < -0.39 is 0 Å². The predicted octanol–water partition coefficient (Wildman–Crippen LogP) is 2.62. The second kappa shape index (κ2) is 7.92. The first-order valence-corrected chi connectivity index (χ1v) is 9.59. The van der Waals surface area contributed by atoms with Gasteiger partial charge in [0.05, 0.1) is 0 Å². The summed E-state index contributed by atoms with van der Waals surface area (Å²) < 4.78 is 0. The Balaban J connectivity index is 1.45. The van der Waals surface area contributed by atoms with Crippen LogP contribution in [0.1, 0.15) is 24.0 Å². The van der Waals surface area contributed by atoms with E-state index in [4.69, 9.17) is 0 Å². The third kappa shape index (κ3) is 4.19. The number of phenolic OH excluding ortho intramolecular Hbond substituents is 1. The summed E-state index contributed by atoms with van der Waals surface area (Å²) in [4.78, 5) is 19.3. The van der Waals surface area contributed by atoms with Crippen molar-refractivity contribution in [3.8, 4) is 5.75 Å². The molecule has 1 amide bonds. The van der Waals surface area contributed by atoms with E-state index in [-0.39, 0.29) is 17.7 Å². The van der Waals surface area contributed by atoms with Gasteiger partial charge >= 0.3 is 0 Å². The lowest BCUT2D eigenvalue weighted by Crippen LogP contribution is -2.64. The molecular formula is C22H25N3O2. The summed E-state index contributed by atoms with van der Waals surface area (Å²) in [6.45, 7) is 2.22. The van der Waals surface area contributed by atoms with E-state index in [9.17, 15) is 9.90 Å². The molecule has 0 saturated carbocycles. The maximum atomic E-state index is 12.6. The number of aromatic nitrogens is 1. The minimum atomic E-state index is -0.0757. The molecule has 2 N–H and O–H groups in total. The Morgan fingerprint density at radius 3 is 2.85 bits per heavy atom. The molecule has 5 heteroatoms. The number of hydrogen-bond donors (Lipinski definition) is 2. The number of piperidine rings is 3. The Labute approximate surface area is 159 Å². The lowest BCUT2D eigenvalue weighted by Gasteiger charge is -2.51. The van der Waals surface area contributed by atoms with E-state index in [0.717, 1.165) is 37.9 Å². The Morgan fingerprint density at radius 2 is 2.11 bits per heavy atom. The van der Waals surface area contributed by atoms with Crippen LogP contribution in [0.25, 0.3) is 6.08 Å². The minimum Gasteiger partial charge on any atom is -0.508 e. The zero-order valence-electron chi connectivity index (χ0n) is 15.3. The van der Waals surface area contributed by atoms with Crippen LogP contribution in [0.2, 0.25) is 0 Å². The zero-order chi connectivity index (χ0) is 18.6. The molecule has 140 valence electrons. The zero-order valence-corrected chi connectivity index (χ0v) is 15.3. The normalized spacial score (nSPS) is 27.0. The molecule has 0 radical (unpaired) electrons. The second-order valence-corrected chi connectivity index (χ2v) is 7.47. The van der Waals surface area contributed by atoms with Crippen molar-refractivity contribution in [2.45, 2.75) is 31.3 Å². The number of phenols is 1. The molecule has 3 fully saturated rings. The van der Waals surface area contributed by atoms with E-state index in [2.05, 4.69) is 21.3 Å². The van der Waals surface area contributed by atoms with Crippen molar-refractivity contribution in [2.75, 3.05) is 13.1 Å². The first kappa shape index (κ1) is 17.7. The maximum absolute atomic E-state index is 12.6. The van der Waals surface area contributed by atoms with Gasteiger partial charge in [-0.1, -0.05) is 18.2 Å². The molecule has 3 aliphatic rings. The van der Waals surface area contributed by atoms with Gasteiger partial charge in [0, 0.05) is 30.6 Å². The molecule has 5 nitrogen and oxygen atoms in total. The molecule has 4 heterocycles. The summed E-state index contributed by atoms with van der Waals surface area (Å²) in [7, 11) is 0. The van der Waals surface area contributed by atoms with Crippen LogP contribution in [0.5, 0.6) is 5.75 Å². The molecule has 3 saturated heterocycles. The fourth-order valence-corrected chi connectivity index (χ4v) is 4.39. The molecule has 5 rings (SSSR count). The van der Waals surface area contributed by atoms with Crippen molar-refractivity contribution >= 4 is 12.0 Å². The maximum Gasteiger partial charge on any atom is 0.244 e. The number of nitrogens with zero attached hydrogens (tertiary/aromatic N) is 2. The lowest BCUT2D eigenvalue weighted by atomic mass is 9.77. The van der Waals surface area contributed by atoms with E-state index in [1.165, 1.54) is 5.56 Å². The van der Waals surface area contributed by atoms with Crippen LogP contribution >= 0.6 is 0 Å². The van der Waals surface area contributed by atoms with Crippen molar-refractivity contribution in [3.63, 3.8) is 0 Å². The number of benzene rings is 1. The van der Waals surface area contributed by atoms with Crippen LogP contribution in [0.3, 0.4) is 0 Å². The van der Waals surface area contributed by atoms with E-state index in [1.807, 2.05) is 18.3 Å². The molecule has 27 heavy (non-hydrogen) atoms. The van der Waals surface area contributed by atoms with Crippen LogP contribution in [0.15, 0.2) is 54.9 Å². The van der Waals surface area contributed by atoms with Gasteiger partial charge in [-0.05, 0) is 73.7 Å². The third-order valence-corrected chi connectivity index (χ3v) is 5.74. The van der Waals surface area contributed by atoms with Gasteiger partial charge in [-0.3, -0.25) is 14.7 Å². The van der Waals surface area contributed by atoms with Crippen LogP contribution in [0, 0.1) is 5.92 Å². The molecule has 0 aliphatic carbocycles. The summed E-state index contributed by atoms with van der Waals surface area (Å²) in [6.07, 6.45) is 10.2. The number of pyridine rings is 1. The number of rotatable bonds is 5. The van der Waals surface area contributed by atoms with Gasteiger partial charge in [-0.15, -0.1) is 0 Å². The molecule has 0 unspecified atom stereocenters. The van der Waals surface area contributed by atoms with Gasteiger partial charge in [-0.2, -0.15) is 0 Å². The van der Waals surface area contributed by atoms with Crippen LogP contribution < -0.4 is 5.32 Å². The summed E-state index contributed by atoms with van der Waals surface area (Å²) in [5, 5.41) is 12.8. The fourth-order valence-electron chi connectivity index (χ4n) is 4.39. The lowest BCUT2D eigenvalue weighted by molar-refractivity contribution is -0.119. The predicted molar refractivity (Wildman–Crippen MR) is 105 cm³/mol. The smallest absolute Gasteiger partial charge is 0.244 e. The number of nitrogens with one attached hydrogen (secondary N) is 1. The van der Waals surface area contributed by atoms with Gasteiger partial charge < -0.3 is 10.4 Å². The standard InChI is InChI=1S/C22H25N3O2/c26-19-5-1-3-16(13-19)6-7-21(27)24-22-18-8-11-25(12-9-18)20(22)14-17-4-2-10-23-15-17/h1-7,10,13,15,18,20,22,26H,8-9,11-12,14H2,(H,24,27)/b7-6+/t20-,22+/m0/s1. The molecule has 2 bridgehead atoms. The first-order valence-electron chi connectivity index (χ1n) is 9.59. The summed E-state index contributed by atoms with van der Waals surface area (Å²) in [5.74, 6) is 0.662. The molecular weight excluding hydrogens is 338 g/mol. The monoisotopic (exact) mass is 363 g/mol. The van der Waals surface area contributed by atoms with Gasteiger partial charge in [0.1, 0.15) is 5.75 Å². The Hall–Kier alpha value is -2.66. The van der Waals surface area contributed by atoms with Crippen molar-refractivity contribution in [1.82, 2.24) is 15.2 Å². The number of carbonyl (C=O) groups excluding carboxylic acids is 1. The average molecular weight is 363 g/mol. The molecule has 2 atom stereocenters. The molecule has 1 aromatic carbocycles. The van der Waals surface area contributed by atoms with Crippen molar-refractivity contribution < 1.29 is 9.90 Å². The van der Waals surface area contributed by atoms with E-state index in [0.29, 0.717) is 12.0 Å². The van der Waals surface area contributed by atoms with Gasteiger partial charge in [0.15, 0.2) is 0 Å². The molecule has 0 spiro atoms. The van der Waals surface area contributed by atoms with Crippen molar-refractivity contribution in [2.24, 2.45) is 5.92 Å². The highest BCUT2D eigenvalue weighted by molar-refractivity contribution is 5.92. The number of hydrogen-bond acceptors (Lipinski definition) is 4. The van der Waals surface area contributed by atoms with Crippen molar-refractivity contribution in [1.29, 1.82) is 0 Å². The Morgan fingerprint density at radius 1 is 1.26 bits per heavy atom. The Bertz CT molecular complexity index is 813. The molecule has 2 aromatic rings. The van der Waals surface area contributed by atoms with E-state index >= 15 is 0 Å². The van der Waals surface area contributed by atoms with Gasteiger partial charge in [0.25, 0.3) is 0 Å². The van der Waals surface area contributed by atoms with Gasteiger partial charge in [0.2, 0.25) is 5.91 Å². The summed E-state index contributed by atoms with van der Waals surface area (Å²) in [6, 6.07) is 11.5. The average Bonchev–Trinajstić information content (AvgIpc) is 2.70. The fraction of sp³-hybridized carbons (Fsp3) is 0.364. The second-order valence-electron chi connectivity index (χ2n) is 7.47. The largest absolute Gasteiger partial charge is 0.508 e. The summed E-state index contributed by atoms with van der Waals surface area (Å²) >= 11 is 0. The molecule has 3 aliphatic heterocycles. The summed E-state index contributed by atoms with van der Waals surface area (Å²) in [5.41, 5.74) is 2.02. The minimum absolute atomic E-state index is 0.0757. The highest BCUT2D eigenvalue weighted by Crippen LogP contribution is 2.34. The third-order valence-electron chi connectivity index (χ3n) is 5.74. The Kier molecular flexibility index (Phi) is 5.21. The van der Waals surface area contributed by atoms with Crippen LogP contribution in [0.4, 0.5) is 0 Å². The SMILES string of the molecule is O=C(/C=C/c1cccc(O)c1)N[C@@H]1C2CCN(CC2)[C@H]1Cc1cccnc1. The van der Waals surface area contributed by atoms with E-state index in [1.54, 1.807) is 36.5 Å². The number of aromatic hydroxyl groups is 1. The quantitative estimate of drug-likeness (QED) is 0.802. The first-order chi connectivity index (χ1) is 13.2. The number of fused-ring (bicyclic) bond motifs is 3. The highest BCUT2D eigenvalue weighted by Gasteiger charge is 2.42. The topological polar surface area (TPSA) is 65.5 Å².